The van der Waals surface area contributed by atoms with E-state index in [1.54, 1.807) is 0 Å². The summed E-state index contributed by atoms with van der Waals surface area (Å²) >= 11 is 0. The molecule has 15 heavy (non-hydrogen) atoms. The van der Waals surface area contributed by atoms with Crippen molar-refractivity contribution >= 4 is 24.2 Å². The quantitative estimate of drug-likeness (QED) is 0.299. The van der Waals surface area contributed by atoms with Crippen molar-refractivity contribution in [3.05, 3.63) is 12.8 Å². The normalized spacial score (nSPS) is 11.7. The van der Waals surface area contributed by atoms with Gasteiger partial charge in [0.2, 0.25) is 0 Å². The molecular formula is C9H20O4Si2. The van der Waals surface area contributed by atoms with Gasteiger partial charge in [-0.15, -0.1) is 0 Å². The van der Waals surface area contributed by atoms with Gasteiger partial charge in [-0.1, -0.05) is 6.58 Å². The number of carbonyl (C=O) groups excluding carboxylic acids is 1. The van der Waals surface area contributed by atoms with Crippen molar-refractivity contribution in [2.75, 3.05) is 6.61 Å². The van der Waals surface area contributed by atoms with Crippen molar-refractivity contribution in [1.29, 1.82) is 0 Å². The molecule has 6 heteroatoms. The fraction of sp³-hybridized carbons (Fsp3) is 0.667. The molecule has 0 aromatic carbocycles. The monoisotopic (exact) mass is 248 g/mol. The van der Waals surface area contributed by atoms with Crippen LogP contribution in [0.5, 0.6) is 0 Å². The minimum Gasteiger partial charge on any atom is -0.461 e. The lowest BCUT2D eigenvalue weighted by molar-refractivity contribution is 0.0849. The van der Waals surface area contributed by atoms with Crippen molar-refractivity contribution in [1.82, 2.24) is 0 Å². The van der Waals surface area contributed by atoms with E-state index in [0.29, 0.717) is 6.61 Å². The highest BCUT2D eigenvalue weighted by Gasteiger charge is 2.12. The molecule has 0 rings (SSSR count). The van der Waals surface area contributed by atoms with Gasteiger partial charge in [-0.25, -0.2) is 4.79 Å². The average molecular weight is 248 g/mol. The highest BCUT2D eigenvalue weighted by Crippen LogP contribution is 2.03. The van der Waals surface area contributed by atoms with E-state index < -0.39 is 24.2 Å². The van der Waals surface area contributed by atoms with Gasteiger partial charge in [0.25, 0.3) is 0 Å². The van der Waals surface area contributed by atoms with Crippen LogP contribution in [0, 0.1) is 0 Å². The molecule has 0 aromatic rings. The van der Waals surface area contributed by atoms with Crippen LogP contribution in [-0.4, -0.2) is 30.8 Å². The minimum atomic E-state index is -1.34. The molecule has 0 aromatic heterocycles. The van der Waals surface area contributed by atoms with Crippen LogP contribution in [0.15, 0.2) is 12.8 Å². The Morgan fingerprint density at radius 3 is 2.67 bits per heavy atom. The van der Waals surface area contributed by atoms with E-state index in [9.17, 15) is 4.79 Å². The number of hydrogen-bond acceptors (Lipinski definition) is 4. The molecule has 4 nitrogen and oxygen atoms in total. The zero-order chi connectivity index (χ0) is 11.7. The first-order chi connectivity index (χ1) is 6.95. The summed E-state index contributed by atoms with van der Waals surface area (Å²) in [6, 6.07) is 1.03. The second-order valence-corrected chi connectivity index (χ2v) is 10.5. The largest absolute Gasteiger partial charge is 0.513 e. The van der Waals surface area contributed by atoms with Crippen molar-refractivity contribution < 1.29 is 18.4 Å². The molecule has 0 atom stereocenters. The number of rotatable bonds is 7. The van der Waals surface area contributed by atoms with Crippen LogP contribution in [0.25, 0.3) is 0 Å². The Labute approximate surface area is 94.7 Å². The van der Waals surface area contributed by atoms with Crippen molar-refractivity contribution in [3.8, 4) is 0 Å². The zero-order valence-electron chi connectivity index (χ0n) is 9.75. The van der Waals surface area contributed by atoms with Gasteiger partial charge >= 0.3 is 6.16 Å². The van der Waals surface area contributed by atoms with E-state index in [-0.39, 0.29) is 0 Å². The molecule has 0 amide bonds. The summed E-state index contributed by atoms with van der Waals surface area (Å²) in [7, 11) is -1.78. The van der Waals surface area contributed by atoms with Gasteiger partial charge < -0.3 is 13.6 Å². The van der Waals surface area contributed by atoms with E-state index >= 15 is 0 Å². The van der Waals surface area contributed by atoms with Gasteiger partial charge in [-0.3, -0.25) is 0 Å². The predicted octanol–water partition coefficient (Wildman–Crippen LogP) is 2.03. The lowest BCUT2D eigenvalue weighted by Crippen LogP contribution is -2.27. The van der Waals surface area contributed by atoms with Crippen LogP contribution in [0.2, 0.25) is 25.7 Å². The second-order valence-electron chi connectivity index (χ2n) is 4.05. The molecule has 0 saturated carbocycles. The highest BCUT2D eigenvalue weighted by atomic mass is 28.4. The van der Waals surface area contributed by atoms with Crippen LogP contribution >= 0.6 is 0 Å². The standard InChI is InChI=1S/C9H20O4Si2/c1-5-11-9(10)12-7-6-8-14-13-15(2,3)4/h5H,1,6-8,14H2,2-4H3. The molecule has 0 radical (unpaired) electrons. The van der Waals surface area contributed by atoms with Crippen molar-refractivity contribution in [2.24, 2.45) is 0 Å². The second kappa shape index (κ2) is 7.66. The first kappa shape index (κ1) is 14.4. The molecular weight excluding hydrogens is 228 g/mol. The van der Waals surface area contributed by atoms with Gasteiger partial charge in [0, 0.05) is 0 Å². The summed E-state index contributed by atoms with van der Waals surface area (Å²) in [5.41, 5.74) is 0. The van der Waals surface area contributed by atoms with Crippen molar-refractivity contribution in [3.63, 3.8) is 0 Å². The number of ether oxygens (including phenoxy) is 2. The Bertz CT molecular complexity index is 201. The molecule has 0 aliphatic carbocycles. The maximum Gasteiger partial charge on any atom is 0.513 e. The van der Waals surface area contributed by atoms with Gasteiger partial charge in [-0.05, 0) is 32.1 Å². The average Bonchev–Trinajstić information content (AvgIpc) is 2.09. The van der Waals surface area contributed by atoms with Crippen LogP contribution in [0.1, 0.15) is 6.42 Å². The van der Waals surface area contributed by atoms with E-state index in [4.69, 9.17) is 8.85 Å². The molecule has 0 N–H and O–H groups in total. The van der Waals surface area contributed by atoms with E-state index in [2.05, 4.69) is 31.0 Å². The maximum atomic E-state index is 10.7. The fourth-order valence-corrected chi connectivity index (χ4v) is 4.28. The molecule has 0 spiro atoms. The third-order valence-corrected chi connectivity index (χ3v) is 6.54. The van der Waals surface area contributed by atoms with E-state index in [1.807, 2.05) is 0 Å². The Balaban J connectivity index is 3.25. The Morgan fingerprint density at radius 1 is 1.47 bits per heavy atom. The summed E-state index contributed by atoms with van der Waals surface area (Å²) in [6.07, 6.45) is 1.23. The third kappa shape index (κ3) is 11.3. The van der Waals surface area contributed by atoms with Crippen LogP contribution in [0.4, 0.5) is 4.79 Å². The fourth-order valence-electron chi connectivity index (χ4n) is 0.840. The minimum absolute atomic E-state index is 0.398. The topological polar surface area (TPSA) is 44.8 Å². The first-order valence-electron chi connectivity index (χ1n) is 5.04. The first-order valence-corrected chi connectivity index (χ1v) is 10.0. The Hall–Kier alpha value is -0.596. The Kier molecular flexibility index (Phi) is 7.36. The lowest BCUT2D eigenvalue weighted by atomic mass is 10.5. The smallest absolute Gasteiger partial charge is 0.461 e. The highest BCUT2D eigenvalue weighted by molar-refractivity contribution is 6.73. The summed E-state index contributed by atoms with van der Waals surface area (Å²) in [5.74, 6) is 0. The lowest BCUT2D eigenvalue weighted by Gasteiger charge is -2.17. The van der Waals surface area contributed by atoms with E-state index in [0.717, 1.165) is 18.7 Å². The van der Waals surface area contributed by atoms with Crippen LogP contribution in [0.3, 0.4) is 0 Å². The Morgan fingerprint density at radius 2 is 2.13 bits per heavy atom. The van der Waals surface area contributed by atoms with Crippen LogP contribution in [-0.2, 0) is 13.6 Å². The summed E-state index contributed by atoms with van der Waals surface area (Å²) < 4.78 is 14.9. The molecule has 0 aliphatic heterocycles. The zero-order valence-corrected chi connectivity index (χ0v) is 12.2. The van der Waals surface area contributed by atoms with Gasteiger partial charge in [0.1, 0.15) is 9.76 Å². The van der Waals surface area contributed by atoms with Gasteiger partial charge in [-0.2, -0.15) is 0 Å². The molecule has 0 bridgehead atoms. The predicted molar refractivity (Wildman–Crippen MR) is 65.0 cm³/mol. The van der Waals surface area contributed by atoms with E-state index in [1.165, 1.54) is 0 Å². The molecule has 0 heterocycles. The maximum absolute atomic E-state index is 10.7. The van der Waals surface area contributed by atoms with Gasteiger partial charge in [0.05, 0.1) is 12.9 Å². The number of hydrogen-bond donors (Lipinski definition) is 0. The SMILES string of the molecule is C=COC(=O)OCCC[SiH2]O[Si](C)(C)C. The molecule has 88 valence electrons. The third-order valence-electron chi connectivity index (χ3n) is 1.47. The summed E-state index contributed by atoms with van der Waals surface area (Å²) in [4.78, 5) is 10.7. The molecule has 0 unspecified atom stereocenters. The summed E-state index contributed by atoms with van der Waals surface area (Å²) in [5, 5.41) is 0. The van der Waals surface area contributed by atoms with Gasteiger partial charge in [0.15, 0.2) is 8.32 Å². The molecule has 0 saturated heterocycles. The van der Waals surface area contributed by atoms with Crippen molar-refractivity contribution in [2.45, 2.75) is 32.1 Å². The molecule has 0 fully saturated rings. The molecule has 0 aliphatic rings. The summed E-state index contributed by atoms with van der Waals surface area (Å²) in [6.45, 7) is 10.2. The van der Waals surface area contributed by atoms with Crippen LogP contribution < -0.4 is 0 Å². The number of carbonyl (C=O) groups is 1.